The van der Waals surface area contributed by atoms with Gasteiger partial charge < -0.3 is 14.7 Å². The van der Waals surface area contributed by atoms with Crippen molar-refractivity contribution in [2.24, 2.45) is 0 Å². The number of nitrogens with zero attached hydrogens (tertiary/aromatic N) is 1. The van der Waals surface area contributed by atoms with Crippen molar-refractivity contribution >= 4 is 17.0 Å². The Balaban J connectivity index is 2.41. The van der Waals surface area contributed by atoms with E-state index in [0.717, 1.165) is 17.0 Å². The van der Waals surface area contributed by atoms with E-state index in [2.05, 4.69) is 29.3 Å². The molecule has 2 atom stereocenters. The summed E-state index contributed by atoms with van der Waals surface area (Å²) in [4.78, 5) is 3.48. The molecule has 1 N–H and O–H groups in total. The Morgan fingerprint density at radius 3 is 2.50 bits per heavy atom. The fraction of sp³-hybridized carbons (Fsp3) is 0.375. The molecule has 1 aromatic heterocycles. The standard InChI is InChI=1S/C16H21NO2S/c1-11(15-9-6-10-20-15)17(3)13-7-5-8-14(19-4)16(13)12(2)18/h5-12,18H,1-4H3/t11?,12-/m1/s1. The second-order valence-corrected chi connectivity index (χ2v) is 5.85. The van der Waals surface area contributed by atoms with Crippen molar-refractivity contribution in [1.29, 1.82) is 0 Å². The van der Waals surface area contributed by atoms with Crippen molar-refractivity contribution < 1.29 is 9.84 Å². The quantitative estimate of drug-likeness (QED) is 0.903. The van der Waals surface area contributed by atoms with Gasteiger partial charge in [0.15, 0.2) is 0 Å². The number of aliphatic hydroxyl groups is 1. The number of hydrogen-bond acceptors (Lipinski definition) is 4. The number of ether oxygens (including phenoxy) is 1. The van der Waals surface area contributed by atoms with E-state index in [9.17, 15) is 5.11 Å². The summed E-state index contributed by atoms with van der Waals surface area (Å²) in [6.45, 7) is 3.93. The molecule has 0 aliphatic carbocycles. The SMILES string of the molecule is COc1cccc(N(C)C(C)c2cccs2)c1[C@@H](C)O. The average molecular weight is 291 g/mol. The maximum Gasteiger partial charge on any atom is 0.126 e. The van der Waals surface area contributed by atoms with Gasteiger partial charge in [-0.3, -0.25) is 0 Å². The summed E-state index contributed by atoms with van der Waals surface area (Å²) in [5.41, 5.74) is 1.83. The molecule has 0 fully saturated rings. The van der Waals surface area contributed by atoms with Gasteiger partial charge in [0, 0.05) is 23.2 Å². The van der Waals surface area contributed by atoms with Gasteiger partial charge in [-0.1, -0.05) is 12.1 Å². The van der Waals surface area contributed by atoms with E-state index in [1.807, 2.05) is 25.2 Å². The van der Waals surface area contributed by atoms with Crippen LogP contribution >= 0.6 is 11.3 Å². The molecule has 20 heavy (non-hydrogen) atoms. The number of methoxy groups -OCH3 is 1. The molecule has 108 valence electrons. The summed E-state index contributed by atoms with van der Waals surface area (Å²) in [6, 6.07) is 10.3. The minimum absolute atomic E-state index is 0.250. The smallest absolute Gasteiger partial charge is 0.126 e. The van der Waals surface area contributed by atoms with Crippen LogP contribution in [0, 0.1) is 0 Å². The lowest BCUT2D eigenvalue weighted by molar-refractivity contribution is 0.194. The molecule has 4 heteroatoms. The minimum atomic E-state index is -0.570. The molecule has 1 unspecified atom stereocenters. The second kappa shape index (κ2) is 6.29. The maximum atomic E-state index is 10.1. The number of aliphatic hydroxyl groups excluding tert-OH is 1. The van der Waals surface area contributed by atoms with Gasteiger partial charge in [-0.15, -0.1) is 11.3 Å². The van der Waals surface area contributed by atoms with E-state index in [1.54, 1.807) is 25.4 Å². The summed E-state index contributed by atoms with van der Waals surface area (Å²) >= 11 is 1.74. The maximum absolute atomic E-state index is 10.1. The van der Waals surface area contributed by atoms with Gasteiger partial charge >= 0.3 is 0 Å². The molecule has 0 saturated heterocycles. The number of hydrogen-bond donors (Lipinski definition) is 1. The third-order valence-electron chi connectivity index (χ3n) is 3.60. The van der Waals surface area contributed by atoms with Gasteiger partial charge in [-0.2, -0.15) is 0 Å². The molecule has 0 saturated carbocycles. The summed E-state index contributed by atoms with van der Waals surface area (Å²) in [7, 11) is 3.68. The number of anilines is 1. The second-order valence-electron chi connectivity index (χ2n) is 4.87. The summed E-state index contributed by atoms with van der Waals surface area (Å²) in [5, 5.41) is 12.2. The predicted octanol–water partition coefficient (Wildman–Crippen LogP) is 4.01. The van der Waals surface area contributed by atoms with Crippen molar-refractivity contribution in [3.8, 4) is 5.75 Å². The highest BCUT2D eigenvalue weighted by atomic mass is 32.1. The average Bonchev–Trinajstić information content (AvgIpc) is 2.98. The molecule has 0 bridgehead atoms. The molecular formula is C16H21NO2S. The Bertz CT molecular complexity index is 552. The normalized spacial score (nSPS) is 13.8. The van der Waals surface area contributed by atoms with Crippen LogP contribution in [0.4, 0.5) is 5.69 Å². The highest BCUT2D eigenvalue weighted by molar-refractivity contribution is 7.10. The number of rotatable bonds is 5. The Morgan fingerprint density at radius 1 is 1.20 bits per heavy atom. The summed E-state index contributed by atoms with van der Waals surface area (Å²) < 4.78 is 5.38. The molecular weight excluding hydrogens is 270 g/mol. The predicted molar refractivity (Wildman–Crippen MR) is 84.8 cm³/mol. The Morgan fingerprint density at radius 2 is 1.95 bits per heavy atom. The van der Waals surface area contributed by atoms with Crippen LogP contribution in [0.25, 0.3) is 0 Å². The van der Waals surface area contributed by atoms with Crippen LogP contribution in [-0.4, -0.2) is 19.3 Å². The zero-order chi connectivity index (χ0) is 14.7. The van der Waals surface area contributed by atoms with Crippen molar-refractivity contribution in [2.75, 3.05) is 19.1 Å². The highest BCUT2D eigenvalue weighted by Crippen LogP contribution is 2.37. The van der Waals surface area contributed by atoms with E-state index >= 15 is 0 Å². The van der Waals surface area contributed by atoms with E-state index in [4.69, 9.17) is 4.74 Å². The third kappa shape index (κ3) is 2.81. The van der Waals surface area contributed by atoms with Crippen LogP contribution in [0.2, 0.25) is 0 Å². The van der Waals surface area contributed by atoms with Crippen LogP contribution in [0.5, 0.6) is 5.75 Å². The first-order valence-corrected chi connectivity index (χ1v) is 7.55. The molecule has 1 aromatic carbocycles. The molecule has 0 amide bonds. The Hall–Kier alpha value is -1.52. The first-order valence-electron chi connectivity index (χ1n) is 6.67. The molecule has 0 spiro atoms. The zero-order valence-corrected chi connectivity index (χ0v) is 13.1. The molecule has 0 radical (unpaired) electrons. The summed E-state index contributed by atoms with van der Waals surface area (Å²) in [6.07, 6.45) is -0.570. The largest absolute Gasteiger partial charge is 0.496 e. The van der Waals surface area contributed by atoms with Gasteiger partial charge in [-0.05, 0) is 37.4 Å². The van der Waals surface area contributed by atoms with Gasteiger partial charge in [0.1, 0.15) is 5.75 Å². The Labute approximate surface area is 124 Å². The van der Waals surface area contributed by atoms with E-state index in [-0.39, 0.29) is 6.04 Å². The van der Waals surface area contributed by atoms with E-state index in [0.29, 0.717) is 0 Å². The minimum Gasteiger partial charge on any atom is -0.496 e. The van der Waals surface area contributed by atoms with Crippen LogP contribution in [0.3, 0.4) is 0 Å². The summed E-state index contributed by atoms with van der Waals surface area (Å²) in [5.74, 6) is 0.725. The van der Waals surface area contributed by atoms with Gasteiger partial charge in [0.2, 0.25) is 0 Å². The van der Waals surface area contributed by atoms with Crippen LogP contribution in [-0.2, 0) is 0 Å². The molecule has 0 aliphatic heterocycles. The Kier molecular flexibility index (Phi) is 4.68. The van der Waals surface area contributed by atoms with E-state index < -0.39 is 6.10 Å². The van der Waals surface area contributed by atoms with E-state index in [1.165, 1.54) is 4.88 Å². The van der Waals surface area contributed by atoms with Gasteiger partial charge in [0.25, 0.3) is 0 Å². The fourth-order valence-corrected chi connectivity index (χ4v) is 3.19. The van der Waals surface area contributed by atoms with Crippen LogP contribution in [0.1, 0.15) is 36.4 Å². The van der Waals surface area contributed by atoms with Gasteiger partial charge in [0.05, 0.1) is 19.3 Å². The first kappa shape index (κ1) is 14.9. The molecule has 2 aromatic rings. The van der Waals surface area contributed by atoms with Crippen LogP contribution in [0.15, 0.2) is 35.7 Å². The number of thiophene rings is 1. The van der Waals surface area contributed by atoms with Crippen molar-refractivity contribution in [3.63, 3.8) is 0 Å². The van der Waals surface area contributed by atoms with Crippen molar-refractivity contribution in [2.45, 2.75) is 26.0 Å². The monoisotopic (exact) mass is 291 g/mol. The first-order chi connectivity index (χ1) is 9.56. The number of benzene rings is 1. The third-order valence-corrected chi connectivity index (χ3v) is 4.64. The highest BCUT2D eigenvalue weighted by Gasteiger charge is 2.20. The van der Waals surface area contributed by atoms with Crippen molar-refractivity contribution in [1.82, 2.24) is 0 Å². The molecule has 2 rings (SSSR count). The van der Waals surface area contributed by atoms with Gasteiger partial charge in [-0.25, -0.2) is 0 Å². The molecule has 0 aliphatic rings. The lowest BCUT2D eigenvalue weighted by Gasteiger charge is -2.30. The topological polar surface area (TPSA) is 32.7 Å². The molecule has 1 heterocycles. The fourth-order valence-electron chi connectivity index (χ4n) is 2.37. The van der Waals surface area contributed by atoms with Crippen molar-refractivity contribution in [3.05, 3.63) is 46.2 Å². The lowest BCUT2D eigenvalue weighted by atomic mass is 10.0. The molecule has 3 nitrogen and oxygen atoms in total. The lowest BCUT2D eigenvalue weighted by Crippen LogP contribution is -2.22. The zero-order valence-electron chi connectivity index (χ0n) is 12.3. The van der Waals surface area contributed by atoms with Crippen LogP contribution < -0.4 is 9.64 Å².